The summed E-state index contributed by atoms with van der Waals surface area (Å²) in [5.41, 5.74) is -5.14. The van der Waals surface area contributed by atoms with E-state index in [0.29, 0.717) is 37.4 Å². The minimum atomic E-state index is -4.87. The average Bonchev–Trinajstić information content (AvgIpc) is 3.31. The molecule has 2 aliphatic rings. The molecule has 5 nitrogen and oxygen atoms in total. The predicted octanol–water partition coefficient (Wildman–Crippen LogP) is 5.37. The van der Waals surface area contributed by atoms with Crippen LogP contribution >= 0.6 is 12.6 Å². The van der Waals surface area contributed by atoms with Gasteiger partial charge in [-0.3, -0.25) is 9.69 Å². The maximum Gasteiger partial charge on any atom is 0.419 e. The average molecular weight is 486 g/mol. The zero-order chi connectivity index (χ0) is 24.2. The van der Waals surface area contributed by atoms with Gasteiger partial charge >= 0.3 is 12.4 Å². The van der Waals surface area contributed by atoms with E-state index in [4.69, 9.17) is 5.26 Å². The van der Waals surface area contributed by atoms with Gasteiger partial charge in [-0.15, -0.1) is 12.6 Å². The van der Waals surface area contributed by atoms with Crippen molar-refractivity contribution in [1.29, 1.82) is 5.26 Å². The minimum Gasteiger partial charge on any atom is -0.328 e. The van der Waals surface area contributed by atoms with Crippen LogP contribution in [0.4, 0.5) is 37.7 Å². The van der Waals surface area contributed by atoms with Crippen LogP contribution in [0.2, 0.25) is 0 Å². The first-order chi connectivity index (χ1) is 15.4. The summed E-state index contributed by atoms with van der Waals surface area (Å²) in [6, 6.07) is 6.28. The lowest BCUT2D eigenvalue weighted by Gasteiger charge is -2.36. The molecule has 1 saturated carbocycles. The van der Waals surface area contributed by atoms with E-state index in [2.05, 4.69) is 17.6 Å². The van der Waals surface area contributed by atoms with Gasteiger partial charge in [0.05, 0.1) is 23.0 Å². The van der Waals surface area contributed by atoms with E-state index in [1.807, 2.05) is 0 Å². The molecule has 2 heterocycles. The van der Waals surface area contributed by atoms with Gasteiger partial charge in [-0.05, 0) is 43.2 Å². The van der Waals surface area contributed by atoms with Crippen molar-refractivity contribution in [2.24, 2.45) is 0 Å². The predicted molar refractivity (Wildman–Crippen MR) is 109 cm³/mol. The topological polar surface area (TPSA) is 60.2 Å². The Morgan fingerprint density at radius 1 is 1.03 bits per heavy atom. The third-order valence-corrected chi connectivity index (χ3v) is 6.47. The first-order valence-corrected chi connectivity index (χ1v) is 10.4. The number of nitriles is 1. The second kappa shape index (κ2) is 7.83. The van der Waals surface area contributed by atoms with Crippen LogP contribution in [0.15, 0.2) is 36.5 Å². The zero-order valence-electron chi connectivity index (χ0n) is 16.8. The van der Waals surface area contributed by atoms with E-state index < -0.39 is 46.1 Å². The van der Waals surface area contributed by atoms with Crippen LogP contribution in [-0.2, 0) is 17.1 Å². The molecule has 1 aromatic carbocycles. The molecular weight excluding hydrogens is 470 g/mol. The normalized spacial score (nSPS) is 20.5. The maximum absolute atomic E-state index is 13.5. The molecule has 1 unspecified atom stereocenters. The fourth-order valence-corrected chi connectivity index (χ4v) is 5.11. The molecule has 1 saturated heterocycles. The van der Waals surface area contributed by atoms with E-state index in [0.717, 1.165) is 23.2 Å². The van der Waals surface area contributed by atoms with Gasteiger partial charge in [0.1, 0.15) is 11.6 Å². The number of hydrogen-bond donors (Lipinski definition) is 1. The van der Waals surface area contributed by atoms with Gasteiger partial charge < -0.3 is 4.90 Å². The van der Waals surface area contributed by atoms with Crippen LogP contribution < -0.4 is 9.80 Å². The lowest BCUT2D eigenvalue weighted by atomic mass is 9.94. The monoisotopic (exact) mass is 486 g/mol. The molecule has 1 aromatic heterocycles. The molecule has 1 aliphatic heterocycles. The number of nitrogens with zero attached hydrogens (tertiary/aromatic N) is 4. The van der Waals surface area contributed by atoms with Crippen molar-refractivity contribution in [3.05, 3.63) is 53.3 Å². The van der Waals surface area contributed by atoms with Crippen molar-refractivity contribution in [3.8, 4) is 6.07 Å². The molecule has 33 heavy (non-hydrogen) atoms. The highest BCUT2D eigenvalue weighted by Crippen LogP contribution is 2.49. The number of hydrogen-bond acceptors (Lipinski definition) is 5. The third-order valence-electron chi connectivity index (χ3n) is 6.01. The van der Waals surface area contributed by atoms with Crippen molar-refractivity contribution in [1.82, 2.24) is 4.98 Å². The second-order valence-corrected chi connectivity index (χ2v) is 8.34. The Kier molecular flexibility index (Phi) is 5.51. The highest BCUT2D eigenvalue weighted by Gasteiger charge is 2.58. The molecule has 12 heteroatoms. The Hall–Kier alpha value is -2.94. The lowest BCUT2D eigenvalue weighted by molar-refractivity contribution is -0.138. The molecule has 0 radical (unpaired) electrons. The fraction of sp³-hybridized carbons (Fsp3) is 0.381. The van der Waals surface area contributed by atoms with Crippen molar-refractivity contribution in [2.75, 3.05) is 9.80 Å². The molecular formula is C21H16F6N4OS. The molecule has 2 aromatic rings. The van der Waals surface area contributed by atoms with Gasteiger partial charge in [0, 0.05) is 5.69 Å². The number of halogens is 6. The van der Waals surface area contributed by atoms with E-state index in [1.54, 1.807) is 4.90 Å². The van der Waals surface area contributed by atoms with Gasteiger partial charge in [0.2, 0.25) is 0 Å². The Bertz CT molecular complexity index is 1120. The smallest absolute Gasteiger partial charge is 0.328 e. The molecule has 1 atom stereocenters. The summed E-state index contributed by atoms with van der Waals surface area (Å²) in [6.45, 7) is 0. The highest BCUT2D eigenvalue weighted by atomic mass is 32.1. The molecule has 0 N–H and O–H groups in total. The van der Waals surface area contributed by atoms with Crippen LogP contribution in [0.3, 0.4) is 0 Å². The Morgan fingerprint density at radius 2 is 1.64 bits per heavy atom. The van der Waals surface area contributed by atoms with Gasteiger partial charge in [-0.2, -0.15) is 31.6 Å². The highest BCUT2D eigenvalue weighted by molar-refractivity contribution is 7.81. The number of anilines is 2. The molecule has 1 spiro atoms. The molecule has 0 bridgehead atoms. The van der Waals surface area contributed by atoms with Crippen LogP contribution in [-0.4, -0.2) is 21.9 Å². The second-order valence-electron chi connectivity index (χ2n) is 7.87. The number of amides is 1. The summed E-state index contributed by atoms with van der Waals surface area (Å²) in [4.78, 5) is 19.7. The van der Waals surface area contributed by atoms with Crippen LogP contribution in [0.5, 0.6) is 0 Å². The Morgan fingerprint density at radius 3 is 2.15 bits per heavy atom. The SMILES string of the molecule is N#Cc1ncc(N2C(=O)C3(CCCC3)N(c3ccc(C(F)(F)F)cc3)C2S)cc1C(F)(F)F. The summed E-state index contributed by atoms with van der Waals surface area (Å²) in [5, 5.41) is 8.98. The van der Waals surface area contributed by atoms with Crippen molar-refractivity contribution < 1.29 is 31.1 Å². The molecule has 1 aliphatic carbocycles. The van der Waals surface area contributed by atoms with E-state index >= 15 is 0 Å². The summed E-state index contributed by atoms with van der Waals surface area (Å²) in [6.07, 6.45) is -6.35. The van der Waals surface area contributed by atoms with Crippen molar-refractivity contribution in [2.45, 2.75) is 49.1 Å². The van der Waals surface area contributed by atoms with Gasteiger partial charge in [-0.1, -0.05) is 12.8 Å². The molecule has 1 amide bonds. The van der Waals surface area contributed by atoms with Crippen LogP contribution in [0.1, 0.15) is 42.5 Å². The largest absolute Gasteiger partial charge is 0.419 e. The number of benzene rings is 1. The van der Waals surface area contributed by atoms with E-state index in [9.17, 15) is 31.1 Å². The number of carbonyl (C=O) groups is 1. The number of thiol groups is 1. The van der Waals surface area contributed by atoms with Crippen LogP contribution in [0, 0.1) is 11.3 Å². The zero-order valence-corrected chi connectivity index (χ0v) is 17.7. The molecule has 4 rings (SSSR count). The number of rotatable bonds is 2. The van der Waals surface area contributed by atoms with Crippen LogP contribution in [0.25, 0.3) is 0 Å². The summed E-state index contributed by atoms with van der Waals surface area (Å²) in [5.74, 6) is -0.514. The van der Waals surface area contributed by atoms with E-state index in [1.165, 1.54) is 18.2 Å². The summed E-state index contributed by atoms with van der Waals surface area (Å²) >= 11 is 4.49. The standard InChI is InChI=1S/C21H16F6N4OS/c22-20(23,24)12-3-5-13(6-4-12)31-18(33)30(17(32)19(31)7-1-2-8-19)14-9-15(21(25,26)27)16(10-28)29-11-14/h3-6,9,11,18,33H,1-2,7-8H2. The first kappa shape index (κ1) is 23.2. The minimum absolute atomic E-state index is 0.202. The lowest BCUT2D eigenvalue weighted by Crippen LogP contribution is -2.48. The van der Waals surface area contributed by atoms with Crippen molar-refractivity contribution >= 4 is 29.9 Å². The quantitative estimate of drug-likeness (QED) is 0.458. The fourth-order valence-electron chi connectivity index (χ4n) is 4.52. The summed E-state index contributed by atoms with van der Waals surface area (Å²) in [7, 11) is 0. The first-order valence-electron chi connectivity index (χ1n) is 9.86. The summed E-state index contributed by atoms with van der Waals surface area (Å²) < 4.78 is 79.3. The third kappa shape index (κ3) is 3.78. The Balaban J connectivity index is 1.80. The molecule has 174 valence electrons. The van der Waals surface area contributed by atoms with Gasteiger partial charge in [0.25, 0.3) is 5.91 Å². The Labute approximate surface area is 190 Å². The maximum atomic E-state index is 13.5. The number of alkyl halides is 6. The van der Waals surface area contributed by atoms with E-state index in [-0.39, 0.29) is 5.69 Å². The number of aromatic nitrogens is 1. The van der Waals surface area contributed by atoms with Gasteiger partial charge in [0.15, 0.2) is 11.2 Å². The van der Waals surface area contributed by atoms with Crippen molar-refractivity contribution in [3.63, 3.8) is 0 Å². The number of carbonyl (C=O) groups excluding carboxylic acids is 1. The molecule has 2 fully saturated rings. The van der Waals surface area contributed by atoms with Gasteiger partial charge in [-0.25, -0.2) is 4.98 Å². The number of pyridine rings is 1.